The van der Waals surface area contributed by atoms with Crippen LogP contribution < -0.4 is 0 Å². The first-order valence-corrected chi connectivity index (χ1v) is 7.60. The molecule has 1 aliphatic rings. The monoisotopic (exact) mass is 313 g/mol. The van der Waals surface area contributed by atoms with Crippen molar-refractivity contribution in [1.29, 1.82) is 0 Å². The highest BCUT2D eigenvalue weighted by Gasteiger charge is 2.44. The summed E-state index contributed by atoms with van der Waals surface area (Å²) in [4.78, 5) is 26.6. The van der Waals surface area contributed by atoms with Gasteiger partial charge in [-0.3, -0.25) is 14.7 Å². The van der Waals surface area contributed by atoms with E-state index < -0.39 is 5.41 Å². The fraction of sp³-hybridized carbons (Fsp3) is 0.353. The number of methoxy groups -OCH3 is 1. The number of ether oxygens (including phenoxy) is 1. The van der Waals surface area contributed by atoms with Gasteiger partial charge in [-0.1, -0.05) is 30.3 Å². The standard InChI is InChI=1S/C17H19N3O3/c1-23-16(22)17(13-5-3-2-4-6-13)8-11-20(12-9-17)15(21)14-7-10-18-19-14/h2-7,10H,8-9,11-12H2,1H3,(H,18,19). The fourth-order valence-corrected chi connectivity index (χ4v) is 3.20. The van der Waals surface area contributed by atoms with E-state index >= 15 is 0 Å². The zero-order valence-corrected chi connectivity index (χ0v) is 13.0. The number of carbonyl (C=O) groups is 2. The first-order valence-electron chi connectivity index (χ1n) is 7.60. The summed E-state index contributed by atoms with van der Waals surface area (Å²) in [5.41, 5.74) is 0.733. The number of piperidine rings is 1. The first kappa shape index (κ1) is 15.3. The van der Waals surface area contributed by atoms with Gasteiger partial charge in [-0.25, -0.2) is 0 Å². The minimum Gasteiger partial charge on any atom is -0.468 e. The lowest BCUT2D eigenvalue weighted by molar-refractivity contribution is -0.149. The molecule has 1 aromatic heterocycles. The van der Waals surface area contributed by atoms with Crippen LogP contribution in [0.4, 0.5) is 0 Å². The number of aromatic nitrogens is 2. The Bertz CT molecular complexity index is 674. The number of H-pyrrole nitrogens is 1. The molecule has 120 valence electrons. The number of benzene rings is 1. The SMILES string of the molecule is COC(=O)C1(c2ccccc2)CCN(C(=O)c2ccn[nH]2)CC1. The molecular weight excluding hydrogens is 294 g/mol. The van der Waals surface area contributed by atoms with E-state index in [0.29, 0.717) is 31.6 Å². The smallest absolute Gasteiger partial charge is 0.316 e. The molecule has 0 radical (unpaired) electrons. The molecule has 1 aromatic carbocycles. The van der Waals surface area contributed by atoms with Gasteiger partial charge in [0.05, 0.1) is 12.5 Å². The Morgan fingerprint density at radius 2 is 1.87 bits per heavy atom. The van der Waals surface area contributed by atoms with Crippen LogP contribution in [0.25, 0.3) is 0 Å². The molecule has 0 aliphatic carbocycles. The molecule has 2 heterocycles. The topological polar surface area (TPSA) is 75.3 Å². The normalized spacial score (nSPS) is 16.8. The van der Waals surface area contributed by atoms with E-state index in [0.717, 1.165) is 5.56 Å². The quantitative estimate of drug-likeness (QED) is 0.876. The number of hydrogen-bond acceptors (Lipinski definition) is 4. The van der Waals surface area contributed by atoms with Crippen LogP contribution in [-0.4, -0.2) is 47.2 Å². The number of amides is 1. The number of hydrogen-bond donors (Lipinski definition) is 1. The van der Waals surface area contributed by atoms with Gasteiger partial charge in [0.25, 0.3) is 5.91 Å². The van der Waals surface area contributed by atoms with E-state index in [4.69, 9.17) is 4.74 Å². The van der Waals surface area contributed by atoms with Gasteiger partial charge >= 0.3 is 5.97 Å². The Labute approximate surface area is 134 Å². The maximum Gasteiger partial charge on any atom is 0.316 e. The molecule has 0 unspecified atom stereocenters. The van der Waals surface area contributed by atoms with Crippen molar-refractivity contribution in [3.63, 3.8) is 0 Å². The Balaban J connectivity index is 1.81. The first-order chi connectivity index (χ1) is 11.2. The lowest BCUT2D eigenvalue weighted by Gasteiger charge is -2.39. The van der Waals surface area contributed by atoms with Gasteiger partial charge < -0.3 is 9.64 Å². The van der Waals surface area contributed by atoms with Crippen molar-refractivity contribution in [2.45, 2.75) is 18.3 Å². The molecule has 3 rings (SSSR count). The van der Waals surface area contributed by atoms with Gasteiger partial charge in [0.2, 0.25) is 0 Å². The molecule has 6 heteroatoms. The molecule has 1 N–H and O–H groups in total. The fourth-order valence-electron chi connectivity index (χ4n) is 3.20. The van der Waals surface area contributed by atoms with E-state index in [9.17, 15) is 9.59 Å². The highest BCUT2D eigenvalue weighted by Crippen LogP contribution is 2.37. The second-order valence-corrected chi connectivity index (χ2v) is 5.70. The summed E-state index contributed by atoms with van der Waals surface area (Å²) in [7, 11) is 1.41. The summed E-state index contributed by atoms with van der Waals surface area (Å²) in [6.07, 6.45) is 2.65. The summed E-state index contributed by atoms with van der Waals surface area (Å²) in [5.74, 6) is -0.327. The van der Waals surface area contributed by atoms with Crippen LogP contribution in [0.2, 0.25) is 0 Å². The van der Waals surface area contributed by atoms with Gasteiger partial charge in [-0.15, -0.1) is 0 Å². The van der Waals surface area contributed by atoms with Gasteiger partial charge in [0.15, 0.2) is 0 Å². The van der Waals surface area contributed by atoms with Gasteiger partial charge in [0.1, 0.15) is 5.69 Å². The zero-order valence-electron chi connectivity index (χ0n) is 13.0. The molecule has 0 bridgehead atoms. The number of esters is 1. The molecule has 0 spiro atoms. The second kappa shape index (κ2) is 6.24. The van der Waals surface area contributed by atoms with E-state index in [1.807, 2.05) is 30.3 Å². The maximum absolute atomic E-state index is 12.5. The van der Waals surface area contributed by atoms with Gasteiger partial charge in [0, 0.05) is 19.3 Å². The summed E-state index contributed by atoms with van der Waals surface area (Å²) < 4.78 is 5.06. The second-order valence-electron chi connectivity index (χ2n) is 5.70. The van der Waals surface area contributed by atoms with Crippen LogP contribution in [0.5, 0.6) is 0 Å². The molecule has 1 aliphatic heterocycles. The van der Waals surface area contributed by atoms with Crippen molar-refractivity contribution in [3.05, 3.63) is 53.9 Å². The summed E-state index contributed by atoms with van der Waals surface area (Å²) >= 11 is 0. The van der Waals surface area contributed by atoms with E-state index in [-0.39, 0.29) is 11.9 Å². The molecular formula is C17H19N3O3. The lowest BCUT2D eigenvalue weighted by atomic mass is 9.72. The zero-order chi connectivity index (χ0) is 16.3. The average Bonchev–Trinajstić information content (AvgIpc) is 3.16. The molecule has 1 saturated heterocycles. The van der Waals surface area contributed by atoms with Crippen molar-refractivity contribution >= 4 is 11.9 Å². The summed E-state index contributed by atoms with van der Waals surface area (Å²) in [6.45, 7) is 1.00. The van der Waals surface area contributed by atoms with Crippen LogP contribution in [-0.2, 0) is 14.9 Å². The van der Waals surface area contributed by atoms with Crippen molar-refractivity contribution in [3.8, 4) is 0 Å². The number of carbonyl (C=O) groups excluding carboxylic acids is 2. The number of aromatic amines is 1. The molecule has 1 fully saturated rings. The Morgan fingerprint density at radius 3 is 2.43 bits per heavy atom. The third-order valence-corrected chi connectivity index (χ3v) is 4.54. The van der Waals surface area contributed by atoms with Crippen molar-refractivity contribution in [1.82, 2.24) is 15.1 Å². The Kier molecular flexibility index (Phi) is 4.14. The van der Waals surface area contributed by atoms with Crippen LogP contribution in [0.15, 0.2) is 42.6 Å². The molecule has 0 saturated carbocycles. The Hall–Kier alpha value is -2.63. The van der Waals surface area contributed by atoms with Crippen molar-refractivity contribution in [2.75, 3.05) is 20.2 Å². The summed E-state index contributed by atoms with van der Waals surface area (Å²) in [6, 6.07) is 11.3. The van der Waals surface area contributed by atoms with Crippen molar-refractivity contribution in [2.24, 2.45) is 0 Å². The van der Waals surface area contributed by atoms with Gasteiger partial charge in [-0.2, -0.15) is 5.10 Å². The minimum atomic E-state index is -0.680. The highest BCUT2D eigenvalue weighted by atomic mass is 16.5. The summed E-state index contributed by atoms with van der Waals surface area (Å²) in [5, 5.41) is 6.50. The van der Waals surface area contributed by atoms with Crippen LogP contribution in [0, 0.1) is 0 Å². The highest BCUT2D eigenvalue weighted by molar-refractivity contribution is 5.92. The Morgan fingerprint density at radius 1 is 1.17 bits per heavy atom. The van der Waals surface area contributed by atoms with E-state index in [1.54, 1.807) is 17.2 Å². The van der Waals surface area contributed by atoms with E-state index in [2.05, 4.69) is 10.2 Å². The van der Waals surface area contributed by atoms with E-state index in [1.165, 1.54) is 7.11 Å². The van der Waals surface area contributed by atoms with Gasteiger partial charge in [-0.05, 0) is 24.5 Å². The predicted octanol–water partition coefficient (Wildman–Crippen LogP) is 1.76. The molecule has 6 nitrogen and oxygen atoms in total. The third kappa shape index (κ3) is 2.72. The largest absolute Gasteiger partial charge is 0.468 e. The molecule has 0 atom stereocenters. The third-order valence-electron chi connectivity index (χ3n) is 4.54. The predicted molar refractivity (Wildman–Crippen MR) is 83.9 cm³/mol. The number of nitrogens with one attached hydrogen (secondary N) is 1. The van der Waals surface area contributed by atoms with Crippen molar-refractivity contribution < 1.29 is 14.3 Å². The molecule has 2 aromatic rings. The lowest BCUT2D eigenvalue weighted by Crippen LogP contribution is -2.49. The average molecular weight is 313 g/mol. The number of likely N-dealkylation sites (tertiary alicyclic amines) is 1. The molecule has 1 amide bonds. The van der Waals surface area contributed by atoms with Crippen LogP contribution >= 0.6 is 0 Å². The number of rotatable bonds is 3. The maximum atomic E-state index is 12.5. The van der Waals surface area contributed by atoms with Crippen LogP contribution in [0.1, 0.15) is 28.9 Å². The number of nitrogens with zero attached hydrogens (tertiary/aromatic N) is 2. The molecule has 23 heavy (non-hydrogen) atoms. The minimum absolute atomic E-state index is 0.0889. The van der Waals surface area contributed by atoms with Crippen LogP contribution in [0.3, 0.4) is 0 Å².